The number of aromatic nitrogens is 2. The Balaban J connectivity index is 1.13. The molecular formula is C56H74N8O11. The van der Waals surface area contributed by atoms with Gasteiger partial charge < -0.3 is 49.2 Å². The summed E-state index contributed by atoms with van der Waals surface area (Å²) in [6.07, 6.45) is 4.99. The van der Waals surface area contributed by atoms with E-state index in [9.17, 15) is 39.3 Å². The highest BCUT2D eigenvalue weighted by Crippen LogP contribution is 2.42. The Hall–Kier alpha value is -6.22. The summed E-state index contributed by atoms with van der Waals surface area (Å²) in [5.74, 6) is -4.08. The summed E-state index contributed by atoms with van der Waals surface area (Å²) in [4.78, 5) is 80.7. The number of aliphatic hydroxyl groups is 2. The van der Waals surface area contributed by atoms with Crippen LogP contribution in [0.5, 0.6) is 5.75 Å². The summed E-state index contributed by atoms with van der Waals surface area (Å²) in [6, 6.07) is 12.5. The number of aromatic hydroxyl groups is 1. The average molecular weight is 1040 g/mol. The number of fused-ring (bicyclic) bond motifs is 6. The lowest BCUT2D eigenvalue weighted by molar-refractivity contribution is -0.189. The number of morpholine rings is 1. The number of aryl methyl sites for hydroxylation is 1. The van der Waals surface area contributed by atoms with Gasteiger partial charge in [0.2, 0.25) is 17.5 Å². The second-order valence-electron chi connectivity index (χ2n) is 21.7. The van der Waals surface area contributed by atoms with Gasteiger partial charge in [-0.3, -0.25) is 34.1 Å². The van der Waals surface area contributed by atoms with Crippen LogP contribution in [0.2, 0.25) is 0 Å². The highest BCUT2D eigenvalue weighted by molar-refractivity contribution is 5.97. The highest BCUT2D eigenvalue weighted by Gasteiger charge is 2.49. The molecule has 4 amide bonds. The van der Waals surface area contributed by atoms with Crippen molar-refractivity contribution in [3.8, 4) is 28.1 Å². The van der Waals surface area contributed by atoms with Gasteiger partial charge in [0.05, 0.1) is 43.9 Å². The molecule has 6 bridgehead atoms. The minimum absolute atomic E-state index is 0.0466. The van der Waals surface area contributed by atoms with E-state index in [0.717, 1.165) is 57.1 Å². The number of phenols is 1. The zero-order valence-corrected chi connectivity index (χ0v) is 44.6. The number of hydrogen-bond acceptors (Lipinski definition) is 14. The molecule has 0 aliphatic carbocycles. The van der Waals surface area contributed by atoms with Crippen LogP contribution in [0.15, 0.2) is 66.9 Å². The van der Waals surface area contributed by atoms with Crippen LogP contribution in [0.1, 0.15) is 83.7 Å². The van der Waals surface area contributed by atoms with Crippen molar-refractivity contribution in [1.82, 2.24) is 40.0 Å². The fraction of sp³-hybridized carbons (Fsp3) is 0.536. The number of carbonyl (C=O) groups excluding carboxylic acids is 5. The van der Waals surface area contributed by atoms with Crippen LogP contribution in [-0.2, 0) is 57.6 Å². The monoisotopic (exact) mass is 1030 g/mol. The van der Waals surface area contributed by atoms with Gasteiger partial charge in [0, 0.05) is 107 Å². The van der Waals surface area contributed by atoms with E-state index in [1.54, 1.807) is 39.3 Å². The van der Waals surface area contributed by atoms with Crippen molar-refractivity contribution < 1.29 is 53.5 Å². The van der Waals surface area contributed by atoms with Gasteiger partial charge in [-0.15, -0.1) is 0 Å². The number of likely N-dealkylation sites (N-methyl/N-ethyl adjacent to an activating group) is 1. The lowest BCUT2D eigenvalue weighted by Crippen LogP contribution is -2.67. The van der Waals surface area contributed by atoms with E-state index in [1.165, 1.54) is 29.0 Å². The van der Waals surface area contributed by atoms with Crippen LogP contribution in [0, 0.1) is 11.3 Å². The van der Waals surface area contributed by atoms with Crippen molar-refractivity contribution in [3.05, 3.63) is 83.7 Å². The number of likely N-dealkylation sites (tertiary alicyclic amines) is 1. The van der Waals surface area contributed by atoms with E-state index in [-0.39, 0.29) is 69.7 Å². The van der Waals surface area contributed by atoms with Gasteiger partial charge in [0.25, 0.3) is 11.8 Å². The molecule has 5 atom stereocenters. The van der Waals surface area contributed by atoms with Crippen LogP contribution in [-0.4, -0.2) is 171 Å². The summed E-state index contributed by atoms with van der Waals surface area (Å²) in [5, 5.41) is 40.1. The van der Waals surface area contributed by atoms with Crippen molar-refractivity contribution in [2.24, 2.45) is 11.3 Å². The normalized spacial score (nSPS) is 23.5. The number of amides is 4. The van der Waals surface area contributed by atoms with Crippen LogP contribution in [0.25, 0.3) is 33.3 Å². The number of hydrogen-bond donors (Lipinski definition) is 5. The fourth-order valence-corrected chi connectivity index (χ4v) is 11.1. The Morgan fingerprint density at radius 1 is 1.01 bits per heavy atom. The molecule has 4 aliphatic heterocycles. The SMILES string of the molecule is CCn1c(-c2cccnc2[C@H](C)OC)c2c3cc(ccc31)-c1cc(O)cc(c1)C[C@H](NC(=O)[C@H](C(C)C)N(C)C(=O)C1(O)CCN(C(=O)/C=C/CN3CCOCC3)C1)C(=O)N1CCC[C@@](O)(N1)C(=O)OCC(C)(C)C2. The van der Waals surface area contributed by atoms with Crippen LogP contribution < -0.4 is 10.7 Å². The number of ether oxygens (including phenoxy) is 3. The highest BCUT2D eigenvalue weighted by atomic mass is 16.6. The number of rotatable bonds is 12. The standard InChI is InChI=1S/C56H74N8O11/c1-9-63-45-16-15-38-31-42(45)43(49(63)41-13-10-19-57-47(41)36(4)73-8)32-54(5,6)34-75-53(70)56(72)17-12-21-64(59-56)51(68)44(29-37-27-39(38)30-40(65)28-37)58-50(67)48(35(2)3)60(7)52(69)55(71)18-22-62(33-55)46(66)14-11-20-61-23-25-74-26-24-61/h10-11,13-16,19,27-28,30-31,35-36,44,48,59,65,71-72H,9,12,17-18,20-26,29,32-34H2,1-8H3,(H,58,67)/b14-11+/t36-,44-,48-,55?,56-/m0/s1. The number of pyridine rings is 1. The predicted molar refractivity (Wildman–Crippen MR) is 280 cm³/mol. The van der Waals surface area contributed by atoms with E-state index in [0.29, 0.717) is 43.9 Å². The first-order valence-corrected chi connectivity index (χ1v) is 26.2. The smallest absolute Gasteiger partial charge is 0.355 e. The van der Waals surface area contributed by atoms with E-state index < -0.39 is 58.4 Å². The zero-order chi connectivity index (χ0) is 54.0. The summed E-state index contributed by atoms with van der Waals surface area (Å²) in [7, 11) is 3.06. The number of hydrazine groups is 1. The van der Waals surface area contributed by atoms with Gasteiger partial charge in [-0.05, 0) is 91.3 Å². The molecule has 1 unspecified atom stereocenters. The minimum atomic E-state index is -2.31. The van der Waals surface area contributed by atoms with Crippen molar-refractivity contribution >= 4 is 40.5 Å². The first kappa shape index (κ1) is 55.0. The van der Waals surface area contributed by atoms with Crippen LogP contribution in [0.3, 0.4) is 0 Å². The molecule has 19 nitrogen and oxygen atoms in total. The summed E-state index contributed by atoms with van der Waals surface area (Å²) >= 11 is 0. The fourth-order valence-electron chi connectivity index (χ4n) is 11.1. The molecule has 8 rings (SSSR count). The van der Waals surface area contributed by atoms with Crippen molar-refractivity contribution in [1.29, 1.82) is 0 Å². The second kappa shape index (κ2) is 22.5. The lowest BCUT2D eigenvalue weighted by atomic mass is 9.84. The molecule has 2 aromatic heterocycles. The first-order valence-electron chi connectivity index (χ1n) is 26.2. The van der Waals surface area contributed by atoms with Gasteiger partial charge in [-0.2, -0.15) is 5.43 Å². The number of esters is 1. The number of nitrogens with one attached hydrogen (secondary N) is 2. The molecule has 3 saturated heterocycles. The third-order valence-corrected chi connectivity index (χ3v) is 15.1. The molecule has 4 aliphatic rings. The van der Waals surface area contributed by atoms with Gasteiger partial charge in [-0.25, -0.2) is 4.79 Å². The largest absolute Gasteiger partial charge is 0.508 e. The number of cyclic esters (lactones) is 1. The topological polar surface area (TPSA) is 229 Å². The third-order valence-electron chi connectivity index (χ3n) is 15.1. The lowest BCUT2D eigenvalue weighted by Gasteiger charge is -2.40. The maximum absolute atomic E-state index is 14.9. The molecule has 0 radical (unpaired) electrons. The summed E-state index contributed by atoms with van der Waals surface area (Å²) in [5.41, 5.74) is 4.16. The second-order valence-corrected chi connectivity index (χ2v) is 21.7. The van der Waals surface area contributed by atoms with Crippen LogP contribution in [0.4, 0.5) is 0 Å². The third kappa shape index (κ3) is 11.8. The van der Waals surface area contributed by atoms with Gasteiger partial charge >= 0.3 is 5.97 Å². The van der Waals surface area contributed by atoms with Crippen LogP contribution >= 0.6 is 0 Å². The molecule has 6 heterocycles. The molecular weight excluding hydrogens is 961 g/mol. The maximum atomic E-state index is 14.9. The quantitative estimate of drug-likeness (QED) is 0.0995. The Kier molecular flexibility index (Phi) is 16.5. The summed E-state index contributed by atoms with van der Waals surface area (Å²) < 4.78 is 19.4. The number of carbonyl (C=O) groups is 5. The zero-order valence-electron chi connectivity index (χ0n) is 44.6. The number of methoxy groups -OCH3 is 1. The molecule has 5 N–H and O–H groups in total. The first-order chi connectivity index (χ1) is 35.7. The van der Waals surface area contributed by atoms with Crippen molar-refractivity contribution in [3.63, 3.8) is 0 Å². The predicted octanol–water partition coefficient (Wildman–Crippen LogP) is 4.11. The number of phenolic OH excluding ortho intramolecular Hbond substituents is 1. The minimum Gasteiger partial charge on any atom is -0.508 e. The Morgan fingerprint density at radius 3 is 2.49 bits per heavy atom. The molecule has 3 fully saturated rings. The summed E-state index contributed by atoms with van der Waals surface area (Å²) in [6.45, 7) is 15.2. The Bertz CT molecular complexity index is 2820. The molecule has 19 heteroatoms. The van der Waals surface area contributed by atoms with Gasteiger partial charge in [0.1, 0.15) is 17.8 Å². The number of benzene rings is 2. The number of β-amino-alcohol motifs (C(OH)–C–C–N with tert-alkyl or cyclic N) is 1. The van der Waals surface area contributed by atoms with Crippen molar-refractivity contribution in [2.45, 2.75) is 110 Å². The Labute approximate surface area is 438 Å². The molecule has 2 aromatic carbocycles. The molecule has 404 valence electrons. The van der Waals surface area contributed by atoms with Gasteiger partial charge in [-0.1, -0.05) is 45.9 Å². The molecule has 75 heavy (non-hydrogen) atoms. The molecule has 0 spiro atoms. The van der Waals surface area contributed by atoms with E-state index in [1.807, 2.05) is 51.1 Å². The average Bonchev–Trinajstić information content (AvgIpc) is 3.94. The van der Waals surface area contributed by atoms with E-state index >= 15 is 0 Å². The van der Waals surface area contributed by atoms with Gasteiger partial charge in [0.15, 0.2) is 5.60 Å². The maximum Gasteiger partial charge on any atom is 0.355 e. The van der Waals surface area contributed by atoms with E-state index in [4.69, 9.17) is 19.2 Å². The molecule has 4 aromatic rings. The van der Waals surface area contributed by atoms with Crippen molar-refractivity contribution in [2.75, 3.05) is 73.2 Å². The molecule has 0 saturated carbocycles. The Morgan fingerprint density at radius 2 is 1.77 bits per heavy atom. The number of nitrogens with zero attached hydrogens (tertiary/aromatic N) is 6. The van der Waals surface area contributed by atoms with E-state index in [2.05, 4.69) is 33.2 Å².